The summed E-state index contributed by atoms with van der Waals surface area (Å²) >= 11 is 0. The predicted molar refractivity (Wildman–Crippen MR) is 72.8 cm³/mol. The van der Waals surface area contributed by atoms with Gasteiger partial charge < -0.3 is 10.1 Å². The first-order chi connectivity index (χ1) is 8.98. The van der Waals surface area contributed by atoms with E-state index in [1.807, 2.05) is 0 Å². The van der Waals surface area contributed by atoms with Crippen LogP contribution in [0.15, 0.2) is 24.3 Å². The third-order valence-electron chi connectivity index (χ3n) is 2.35. The van der Waals surface area contributed by atoms with Gasteiger partial charge in [0.15, 0.2) is 0 Å². The van der Waals surface area contributed by atoms with E-state index >= 15 is 0 Å². The Balaban J connectivity index is 2.52. The number of carbonyl (C=O) groups is 1. The van der Waals surface area contributed by atoms with Gasteiger partial charge in [-0.1, -0.05) is 13.0 Å². The second kappa shape index (κ2) is 7.10. The van der Waals surface area contributed by atoms with Gasteiger partial charge >= 0.3 is 0 Å². The number of hydrogen-bond donors (Lipinski definition) is 2. The molecule has 19 heavy (non-hydrogen) atoms. The maximum atomic E-state index is 11.8. The van der Waals surface area contributed by atoms with Crippen molar-refractivity contribution in [3.05, 3.63) is 29.8 Å². The molecule has 0 aromatic heterocycles. The molecule has 0 aliphatic rings. The first-order valence-corrected chi connectivity index (χ1v) is 7.53. The van der Waals surface area contributed by atoms with E-state index < -0.39 is 10.0 Å². The predicted octanol–water partition coefficient (Wildman–Crippen LogP) is 0.364. The monoisotopic (exact) mass is 286 g/mol. The summed E-state index contributed by atoms with van der Waals surface area (Å²) in [5.41, 5.74) is 0.431. The lowest BCUT2D eigenvalue weighted by Gasteiger charge is -2.07. The molecular weight excluding hydrogens is 268 g/mol. The van der Waals surface area contributed by atoms with E-state index in [4.69, 9.17) is 4.74 Å². The molecule has 0 aliphatic heterocycles. The first kappa shape index (κ1) is 15.5. The van der Waals surface area contributed by atoms with Gasteiger partial charge in [-0.3, -0.25) is 4.79 Å². The van der Waals surface area contributed by atoms with Crippen LogP contribution in [0.3, 0.4) is 0 Å². The second-order valence-corrected chi connectivity index (χ2v) is 5.73. The second-order valence-electron chi connectivity index (χ2n) is 3.80. The van der Waals surface area contributed by atoms with Crippen molar-refractivity contribution in [1.29, 1.82) is 0 Å². The van der Waals surface area contributed by atoms with Crippen LogP contribution >= 0.6 is 0 Å². The Morgan fingerprint density at radius 2 is 2.11 bits per heavy atom. The summed E-state index contributed by atoms with van der Waals surface area (Å²) in [7, 11) is -1.80. The minimum atomic E-state index is -3.31. The zero-order valence-electron chi connectivity index (χ0n) is 11.0. The van der Waals surface area contributed by atoms with Gasteiger partial charge in [-0.15, -0.1) is 0 Å². The van der Waals surface area contributed by atoms with Gasteiger partial charge in [0.2, 0.25) is 10.0 Å². The van der Waals surface area contributed by atoms with Crippen molar-refractivity contribution in [3.8, 4) is 5.75 Å². The van der Waals surface area contributed by atoms with Gasteiger partial charge in [0.1, 0.15) is 5.75 Å². The van der Waals surface area contributed by atoms with E-state index in [2.05, 4.69) is 10.0 Å². The molecule has 0 bridgehead atoms. The number of rotatable bonds is 7. The van der Waals surface area contributed by atoms with Crippen molar-refractivity contribution in [2.45, 2.75) is 6.92 Å². The number of nitrogens with one attached hydrogen (secondary N) is 2. The Bertz CT molecular complexity index is 528. The molecule has 0 fully saturated rings. The summed E-state index contributed by atoms with van der Waals surface area (Å²) in [4.78, 5) is 11.8. The van der Waals surface area contributed by atoms with Gasteiger partial charge in [0.05, 0.1) is 12.9 Å². The molecule has 1 aromatic rings. The SMILES string of the molecule is CCNS(=O)(=O)CCNC(=O)c1cccc(OC)c1. The molecule has 0 heterocycles. The minimum absolute atomic E-state index is 0.0609. The molecule has 0 atom stereocenters. The van der Waals surface area contributed by atoms with Crippen LogP contribution < -0.4 is 14.8 Å². The van der Waals surface area contributed by atoms with Crippen molar-refractivity contribution >= 4 is 15.9 Å². The molecule has 1 amide bonds. The Morgan fingerprint density at radius 3 is 2.74 bits per heavy atom. The Hall–Kier alpha value is -1.60. The maximum absolute atomic E-state index is 11.8. The van der Waals surface area contributed by atoms with E-state index in [0.717, 1.165) is 0 Å². The van der Waals surface area contributed by atoms with E-state index in [-0.39, 0.29) is 18.2 Å². The van der Waals surface area contributed by atoms with Crippen molar-refractivity contribution in [2.75, 3.05) is 26.0 Å². The van der Waals surface area contributed by atoms with Gasteiger partial charge in [-0.25, -0.2) is 13.1 Å². The Labute approximate surface area is 113 Å². The standard InChI is InChI=1S/C12H18N2O4S/c1-3-14-19(16,17)8-7-13-12(15)10-5-4-6-11(9-10)18-2/h4-6,9,14H,3,7-8H2,1-2H3,(H,13,15). The average molecular weight is 286 g/mol. The van der Waals surface area contributed by atoms with Crippen molar-refractivity contribution in [3.63, 3.8) is 0 Å². The zero-order chi connectivity index (χ0) is 14.3. The molecular formula is C12H18N2O4S. The van der Waals surface area contributed by atoms with Crippen molar-refractivity contribution in [1.82, 2.24) is 10.0 Å². The lowest BCUT2D eigenvalue weighted by Crippen LogP contribution is -2.34. The normalized spacial score (nSPS) is 11.1. The summed E-state index contributed by atoms with van der Waals surface area (Å²) in [6, 6.07) is 6.65. The zero-order valence-corrected chi connectivity index (χ0v) is 11.8. The largest absolute Gasteiger partial charge is 0.497 e. The first-order valence-electron chi connectivity index (χ1n) is 5.88. The number of methoxy groups -OCH3 is 1. The molecule has 2 N–H and O–H groups in total. The molecule has 0 spiro atoms. The Morgan fingerprint density at radius 1 is 1.37 bits per heavy atom. The molecule has 0 unspecified atom stereocenters. The molecule has 1 aromatic carbocycles. The molecule has 1 rings (SSSR count). The lowest BCUT2D eigenvalue weighted by molar-refractivity contribution is 0.0956. The van der Waals surface area contributed by atoms with Crippen LogP contribution in [0.4, 0.5) is 0 Å². The summed E-state index contributed by atoms with van der Waals surface area (Å²) in [5, 5.41) is 2.55. The molecule has 0 aliphatic carbocycles. The Kier molecular flexibility index (Phi) is 5.78. The van der Waals surface area contributed by atoms with E-state index in [0.29, 0.717) is 17.9 Å². The summed E-state index contributed by atoms with van der Waals surface area (Å²) in [6.45, 7) is 2.10. The molecule has 0 radical (unpaired) electrons. The number of hydrogen-bond acceptors (Lipinski definition) is 4. The highest BCUT2D eigenvalue weighted by molar-refractivity contribution is 7.89. The highest BCUT2D eigenvalue weighted by Gasteiger charge is 2.10. The van der Waals surface area contributed by atoms with Crippen LogP contribution in [0.1, 0.15) is 17.3 Å². The van der Waals surface area contributed by atoms with Crippen LogP contribution in [-0.4, -0.2) is 40.3 Å². The number of benzene rings is 1. The lowest BCUT2D eigenvalue weighted by atomic mass is 10.2. The van der Waals surface area contributed by atoms with Gasteiger partial charge in [-0.05, 0) is 18.2 Å². The molecule has 6 nitrogen and oxygen atoms in total. The molecule has 0 saturated heterocycles. The smallest absolute Gasteiger partial charge is 0.251 e. The third-order valence-corrected chi connectivity index (χ3v) is 3.82. The summed E-state index contributed by atoms with van der Waals surface area (Å²) in [5.74, 6) is 0.106. The van der Waals surface area contributed by atoms with Crippen molar-refractivity contribution in [2.24, 2.45) is 0 Å². The highest BCUT2D eigenvalue weighted by Crippen LogP contribution is 2.12. The van der Waals surface area contributed by atoms with Gasteiger partial charge in [-0.2, -0.15) is 0 Å². The van der Waals surface area contributed by atoms with Crippen LogP contribution in [0.5, 0.6) is 5.75 Å². The average Bonchev–Trinajstić information content (AvgIpc) is 2.38. The fourth-order valence-corrected chi connectivity index (χ4v) is 2.41. The molecule has 106 valence electrons. The molecule has 0 saturated carbocycles. The van der Waals surface area contributed by atoms with E-state index in [1.165, 1.54) is 7.11 Å². The maximum Gasteiger partial charge on any atom is 0.251 e. The number of ether oxygens (including phenoxy) is 1. The van der Waals surface area contributed by atoms with Crippen LogP contribution in [0.25, 0.3) is 0 Å². The fraction of sp³-hybridized carbons (Fsp3) is 0.417. The van der Waals surface area contributed by atoms with Crippen LogP contribution in [-0.2, 0) is 10.0 Å². The van der Waals surface area contributed by atoms with Gasteiger partial charge in [0, 0.05) is 18.7 Å². The number of sulfonamides is 1. The van der Waals surface area contributed by atoms with Gasteiger partial charge in [0.25, 0.3) is 5.91 Å². The molecule has 7 heteroatoms. The summed E-state index contributed by atoms with van der Waals surface area (Å²) in [6.07, 6.45) is 0. The number of amides is 1. The van der Waals surface area contributed by atoms with E-state index in [1.54, 1.807) is 31.2 Å². The van der Waals surface area contributed by atoms with Crippen LogP contribution in [0.2, 0.25) is 0 Å². The quantitative estimate of drug-likeness (QED) is 0.758. The fourth-order valence-electron chi connectivity index (χ4n) is 1.46. The highest BCUT2D eigenvalue weighted by atomic mass is 32.2. The van der Waals surface area contributed by atoms with E-state index in [9.17, 15) is 13.2 Å². The third kappa shape index (κ3) is 5.27. The summed E-state index contributed by atoms with van der Waals surface area (Å²) < 4.78 is 30.1. The minimum Gasteiger partial charge on any atom is -0.497 e. The van der Waals surface area contributed by atoms with Crippen LogP contribution in [0, 0.1) is 0 Å². The van der Waals surface area contributed by atoms with Crippen molar-refractivity contribution < 1.29 is 17.9 Å². The topological polar surface area (TPSA) is 84.5 Å². The number of carbonyl (C=O) groups excluding carboxylic acids is 1.